The zero-order valence-electron chi connectivity index (χ0n) is 15.9. The van der Waals surface area contributed by atoms with Gasteiger partial charge < -0.3 is 5.32 Å². The monoisotopic (exact) mass is 417 g/mol. The molecule has 1 heterocycles. The Morgan fingerprint density at radius 3 is 2.41 bits per heavy atom. The van der Waals surface area contributed by atoms with Crippen LogP contribution in [0.3, 0.4) is 0 Å². The summed E-state index contributed by atoms with van der Waals surface area (Å²) in [5.41, 5.74) is 0.507. The van der Waals surface area contributed by atoms with E-state index in [1.54, 1.807) is 18.2 Å². The van der Waals surface area contributed by atoms with Crippen LogP contribution in [0.2, 0.25) is 0 Å². The molecule has 2 aromatic carbocycles. The van der Waals surface area contributed by atoms with Gasteiger partial charge in [0, 0.05) is 30.4 Å². The number of nitro groups is 1. The highest BCUT2D eigenvalue weighted by molar-refractivity contribution is 7.89. The minimum Gasteiger partial charge on any atom is -0.326 e. The Labute approximate surface area is 169 Å². The first kappa shape index (κ1) is 20.9. The number of hydrogen-bond donors (Lipinski definition) is 1. The summed E-state index contributed by atoms with van der Waals surface area (Å²) < 4.78 is 27.3. The van der Waals surface area contributed by atoms with E-state index in [4.69, 9.17) is 0 Å². The lowest BCUT2D eigenvalue weighted by atomic mass is 10.1. The molecule has 154 valence electrons. The lowest BCUT2D eigenvalue weighted by molar-refractivity contribution is -0.385. The molecule has 1 N–H and O–H groups in total. The Bertz CT molecular complexity index is 999. The van der Waals surface area contributed by atoms with Crippen molar-refractivity contribution in [3.05, 3.63) is 64.2 Å². The highest BCUT2D eigenvalue weighted by Crippen LogP contribution is 2.23. The Balaban J connectivity index is 1.74. The summed E-state index contributed by atoms with van der Waals surface area (Å²) in [6.45, 7) is 0.993. The van der Waals surface area contributed by atoms with Gasteiger partial charge in [-0.25, -0.2) is 8.42 Å². The van der Waals surface area contributed by atoms with Crippen molar-refractivity contribution in [2.24, 2.45) is 0 Å². The van der Waals surface area contributed by atoms with Gasteiger partial charge >= 0.3 is 0 Å². The fourth-order valence-electron chi connectivity index (χ4n) is 3.38. The average Bonchev–Trinajstić information content (AvgIpc) is 2.98. The lowest BCUT2D eigenvalue weighted by Gasteiger charge is -2.20. The van der Waals surface area contributed by atoms with Crippen molar-refractivity contribution in [2.45, 2.75) is 37.0 Å². The van der Waals surface area contributed by atoms with Crippen molar-refractivity contribution in [1.29, 1.82) is 0 Å². The predicted molar refractivity (Wildman–Crippen MR) is 109 cm³/mol. The summed E-state index contributed by atoms with van der Waals surface area (Å²) in [5, 5.41) is 13.7. The molecule has 0 aromatic heterocycles. The second-order valence-corrected chi connectivity index (χ2v) is 8.89. The van der Waals surface area contributed by atoms with Crippen molar-refractivity contribution >= 4 is 27.3 Å². The van der Waals surface area contributed by atoms with E-state index >= 15 is 0 Å². The fourth-order valence-corrected chi connectivity index (χ4v) is 4.95. The van der Waals surface area contributed by atoms with Crippen LogP contribution in [0.1, 0.15) is 31.2 Å². The van der Waals surface area contributed by atoms with E-state index in [0.29, 0.717) is 24.3 Å². The Morgan fingerprint density at radius 1 is 1.03 bits per heavy atom. The molecule has 1 amide bonds. The minimum absolute atomic E-state index is 0.125. The maximum absolute atomic E-state index is 12.9. The molecule has 0 radical (unpaired) electrons. The number of amides is 1. The molecule has 8 nitrogen and oxygen atoms in total. The van der Waals surface area contributed by atoms with Crippen LogP contribution < -0.4 is 5.32 Å². The van der Waals surface area contributed by atoms with Gasteiger partial charge in [0.1, 0.15) is 0 Å². The Kier molecular flexibility index (Phi) is 6.60. The van der Waals surface area contributed by atoms with Crippen LogP contribution in [0.15, 0.2) is 53.4 Å². The van der Waals surface area contributed by atoms with E-state index in [1.807, 2.05) is 0 Å². The number of para-hydroxylation sites is 1. The quantitative estimate of drug-likeness (QED) is 0.573. The SMILES string of the molecule is O=C(Cc1ccccc1[N+](=O)[O-])Nc1cccc(S(=O)(=O)N2CCCCCC2)c1. The smallest absolute Gasteiger partial charge is 0.273 e. The number of carbonyl (C=O) groups is 1. The normalized spacial score (nSPS) is 15.4. The van der Waals surface area contributed by atoms with Gasteiger partial charge in [-0.3, -0.25) is 14.9 Å². The summed E-state index contributed by atoms with van der Waals surface area (Å²) in [7, 11) is -3.63. The largest absolute Gasteiger partial charge is 0.326 e. The predicted octanol–water partition coefficient (Wildman–Crippen LogP) is 3.34. The van der Waals surface area contributed by atoms with Gasteiger partial charge in [0.15, 0.2) is 0 Å². The molecule has 0 spiro atoms. The zero-order chi connectivity index (χ0) is 20.9. The number of benzene rings is 2. The number of carbonyl (C=O) groups excluding carboxylic acids is 1. The molecule has 29 heavy (non-hydrogen) atoms. The first-order valence-electron chi connectivity index (χ1n) is 9.50. The van der Waals surface area contributed by atoms with Crippen molar-refractivity contribution in [2.75, 3.05) is 18.4 Å². The molecular weight excluding hydrogens is 394 g/mol. The maximum Gasteiger partial charge on any atom is 0.273 e. The number of nitrogens with zero attached hydrogens (tertiary/aromatic N) is 2. The van der Waals surface area contributed by atoms with E-state index in [-0.39, 0.29) is 17.0 Å². The van der Waals surface area contributed by atoms with Gasteiger partial charge in [0.05, 0.1) is 16.2 Å². The van der Waals surface area contributed by atoms with Crippen molar-refractivity contribution in [3.8, 4) is 0 Å². The molecular formula is C20H23N3O5S. The third kappa shape index (κ3) is 5.18. The number of hydrogen-bond acceptors (Lipinski definition) is 5. The van der Waals surface area contributed by atoms with Crippen LogP contribution in [-0.2, 0) is 21.2 Å². The van der Waals surface area contributed by atoms with Crippen molar-refractivity contribution < 1.29 is 18.1 Å². The molecule has 0 atom stereocenters. The number of anilines is 1. The summed E-state index contributed by atoms with van der Waals surface area (Å²) >= 11 is 0. The van der Waals surface area contributed by atoms with Crippen LogP contribution in [-0.4, -0.2) is 36.6 Å². The average molecular weight is 417 g/mol. The molecule has 0 bridgehead atoms. The molecule has 0 unspecified atom stereocenters. The molecule has 1 saturated heterocycles. The number of sulfonamides is 1. The molecule has 1 aliphatic heterocycles. The highest BCUT2D eigenvalue weighted by atomic mass is 32.2. The first-order valence-corrected chi connectivity index (χ1v) is 10.9. The van der Waals surface area contributed by atoms with E-state index in [9.17, 15) is 23.3 Å². The fraction of sp³-hybridized carbons (Fsp3) is 0.350. The second kappa shape index (κ2) is 9.15. The van der Waals surface area contributed by atoms with E-state index < -0.39 is 20.9 Å². The third-order valence-corrected chi connectivity index (χ3v) is 6.75. The van der Waals surface area contributed by atoms with Crippen molar-refractivity contribution in [3.63, 3.8) is 0 Å². The summed E-state index contributed by atoms with van der Waals surface area (Å²) in [6, 6.07) is 12.1. The molecule has 9 heteroatoms. The summed E-state index contributed by atoms with van der Waals surface area (Å²) in [4.78, 5) is 23.1. The van der Waals surface area contributed by atoms with Crippen LogP contribution in [0.25, 0.3) is 0 Å². The van der Waals surface area contributed by atoms with E-state index in [1.165, 1.54) is 34.6 Å². The van der Waals surface area contributed by atoms with E-state index in [2.05, 4.69) is 5.32 Å². The number of nitrogens with one attached hydrogen (secondary N) is 1. The first-order chi connectivity index (χ1) is 13.9. The second-order valence-electron chi connectivity index (χ2n) is 6.96. The Hall–Kier alpha value is -2.78. The molecule has 0 saturated carbocycles. The van der Waals surface area contributed by atoms with Gasteiger partial charge in [-0.1, -0.05) is 37.1 Å². The summed E-state index contributed by atoms with van der Waals surface area (Å²) in [6.07, 6.45) is 3.54. The van der Waals surface area contributed by atoms with Crippen LogP contribution in [0, 0.1) is 10.1 Å². The van der Waals surface area contributed by atoms with Crippen LogP contribution in [0.4, 0.5) is 11.4 Å². The molecule has 2 aromatic rings. The molecule has 1 fully saturated rings. The molecule has 3 rings (SSSR count). The van der Waals surface area contributed by atoms with Gasteiger partial charge in [-0.05, 0) is 31.0 Å². The lowest BCUT2D eigenvalue weighted by Crippen LogP contribution is -2.32. The van der Waals surface area contributed by atoms with Crippen molar-refractivity contribution in [1.82, 2.24) is 4.31 Å². The van der Waals surface area contributed by atoms with Gasteiger partial charge in [0.25, 0.3) is 5.69 Å². The van der Waals surface area contributed by atoms with Crippen LogP contribution >= 0.6 is 0 Å². The maximum atomic E-state index is 12.9. The third-order valence-electron chi connectivity index (χ3n) is 4.86. The van der Waals surface area contributed by atoms with Gasteiger partial charge in [0.2, 0.25) is 15.9 Å². The standard InChI is InChI=1S/C20H23N3O5S/c24-20(14-16-8-3-4-11-19(16)23(25)26)21-17-9-7-10-18(15-17)29(27,28)22-12-5-1-2-6-13-22/h3-4,7-11,15H,1-2,5-6,12-14H2,(H,21,24). The molecule has 1 aliphatic rings. The topological polar surface area (TPSA) is 110 Å². The van der Waals surface area contributed by atoms with Crippen LogP contribution in [0.5, 0.6) is 0 Å². The van der Waals surface area contributed by atoms with Gasteiger partial charge in [-0.2, -0.15) is 4.31 Å². The summed E-state index contributed by atoms with van der Waals surface area (Å²) in [5.74, 6) is -0.455. The Morgan fingerprint density at radius 2 is 1.72 bits per heavy atom. The highest BCUT2D eigenvalue weighted by Gasteiger charge is 2.25. The number of nitro benzene ring substituents is 1. The zero-order valence-corrected chi connectivity index (χ0v) is 16.7. The van der Waals surface area contributed by atoms with E-state index in [0.717, 1.165) is 25.7 Å². The molecule has 0 aliphatic carbocycles. The minimum atomic E-state index is -3.63. The number of rotatable bonds is 6. The van der Waals surface area contributed by atoms with Gasteiger partial charge in [-0.15, -0.1) is 0 Å².